The Labute approximate surface area is 206 Å². The Hall–Kier alpha value is -4.02. The molecule has 2 aliphatic rings. The Balaban J connectivity index is 1.42. The maximum absolute atomic E-state index is 14.0. The molecule has 0 unspecified atom stereocenters. The van der Waals surface area contributed by atoms with Crippen molar-refractivity contribution >= 4 is 17.4 Å². The van der Waals surface area contributed by atoms with Gasteiger partial charge in [-0.25, -0.2) is 4.39 Å². The number of hydrogen-bond acceptors (Lipinski definition) is 6. The lowest BCUT2D eigenvalue weighted by molar-refractivity contribution is -0.117. The van der Waals surface area contributed by atoms with Crippen molar-refractivity contribution in [2.45, 2.75) is 31.3 Å². The van der Waals surface area contributed by atoms with Crippen LogP contribution >= 0.6 is 11.6 Å². The molecule has 0 spiro atoms. The molecule has 2 heterocycles. The van der Waals surface area contributed by atoms with Gasteiger partial charge < -0.3 is 19.6 Å². The summed E-state index contributed by atoms with van der Waals surface area (Å²) in [6.07, 6.45) is 2.25. The average molecular weight is 491 g/mol. The third-order valence-corrected chi connectivity index (χ3v) is 6.62. The number of ketones is 1. The molecule has 0 amide bonds. The van der Waals surface area contributed by atoms with E-state index in [1.165, 1.54) is 12.1 Å². The number of nitriles is 1. The highest BCUT2D eigenvalue weighted by molar-refractivity contribution is 6.31. The molecule has 0 radical (unpaired) electrons. The number of Topliss-reactive ketones (excluding diaryl/α,β-unsaturated/α-hetero) is 1. The molecule has 1 aliphatic heterocycles. The topological polar surface area (TPSA) is 98.5 Å². The van der Waals surface area contributed by atoms with Gasteiger partial charge in [-0.15, -0.1) is 0 Å². The average Bonchev–Trinajstić information content (AvgIpc) is 3.38. The van der Waals surface area contributed by atoms with Crippen LogP contribution in [-0.4, -0.2) is 5.78 Å². The lowest BCUT2D eigenvalue weighted by atomic mass is 9.74. The number of benzene rings is 2. The summed E-state index contributed by atoms with van der Waals surface area (Å²) < 4.78 is 31.0. The number of carbonyl (C=O) groups excluding carboxylic acids is 1. The second-order valence-electron chi connectivity index (χ2n) is 8.36. The van der Waals surface area contributed by atoms with Gasteiger partial charge in [0.15, 0.2) is 5.78 Å². The highest BCUT2D eigenvalue weighted by Gasteiger charge is 2.41. The van der Waals surface area contributed by atoms with Crippen LogP contribution < -0.4 is 10.5 Å². The van der Waals surface area contributed by atoms with Crippen molar-refractivity contribution in [3.05, 3.63) is 111 Å². The first kappa shape index (κ1) is 22.8. The molecule has 1 aliphatic carbocycles. The van der Waals surface area contributed by atoms with Gasteiger partial charge in [0.05, 0.1) is 17.2 Å². The predicted molar refractivity (Wildman–Crippen MR) is 126 cm³/mol. The number of nitrogens with zero attached hydrogens (tertiary/aromatic N) is 1. The van der Waals surface area contributed by atoms with Crippen molar-refractivity contribution in [1.82, 2.24) is 0 Å². The lowest BCUT2D eigenvalue weighted by Gasteiger charge is -2.33. The molecule has 8 heteroatoms. The van der Waals surface area contributed by atoms with Gasteiger partial charge in [0, 0.05) is 29.9 Å². The number of allylic oxidation sites excluding steroid dienone is 3. The van der Waals surface area contributed by atoms with E-state index >= 15 is 0 Å². The monoisotopic (exact) mass is 490 g/mol. The summed E-state index contributed by atoms with van der Waals surface area (Å²) in [5, 5.41) is 10.1. The fourth-order valence-electron chi connectivity index (χ4n) is 4.55. The van der Waals surface area contributed by atoms with Crippen molar-refractivity contribution < 1.29 is 23.1 Å². The second kappa shape index (κ2) is 9.32. The van der Waals surface area contributed by atoms with E-state index < -0.39 is 11.7 Å². The molecule has 0 saturated carbocycles. The van der Waals surface area contributed by atoms with E-state index in [9.17, 15) is 14.4 Å². The summed E-state index contributed by atoms with van der Waals surface area (Å²) in [6.45, 7) is -0.0413. The van der Waals surface area contributed by atoms with E-state index in [1.54, 1.807) is 42.7 Å². The Kier molecular flexibility index (Phi) is 6.06. The van der Waals surface area contributed by atoms with Crippen LogP contribution in [0.4, 0.5) is 4.39 Å². The maximum Gasteiger partial charge on any atom is 0.205 e. The molecule has 176 valence electrons. The van der Waals surface area contributed by atoms with E-state index in [2.05, 4.69) is 6.07 Å². The minimum absolute atomic E-state index is 0.0151. The van der Waals surface area contributed by atoms with Gasteiger partial charge in [-0.2, -0.15) is 5.26 Å². The summed E-state index contributed by atoms with van der Waals surface area (Å²) in [5.41, 5.74) is 7.67. The van der Waals surface area contributed by atoms with Crippen LogP contribution in [0.5, 0.6) is 5.75 Å². The van der Waals surface area contributed by atoms with E-state index in [-0.39, 0.29) is 46.8 Å². The molecule has 1 aromatic heterocycles. The minimum atomic E-state index is -0.649. The normalized spacial score (nSPS) is 19.7. The van der Waals surface area contributed by atoms with Gasteiger partial charge in [-0.05, 0) is 42.0 Å². The minimum Gasteiger partial charge on any atom is -0.489 e. The third-order valence-electron chi connectivity index (χ3n) is 6.26. The Bertz CT molecular complexity index is 1370. The molecule has 2 atom stereocenters. The molecule has 0 saturated heterocycles. The fourth-order valence-corrected chi connectivity index (χ4v) is 4.77. The van der Waals surface area contributed by atoms with Gasteiger partial charge in [0.1, 0.15) is 41.3 Å². The van der Waals surface area contributed by atoms with E-state index in [0.29, 0.717) is 34.8 Å². The van der Waals surface area contributed by atoms with Crippen LogP contribution in [0.25, 0.3) is 0 Å². The van der Waals surface area contributed by atoms with Gasteiger partial charge in [-0.3, -0.25) is 4.79 Å². The Morgan fingerprint density at radius 2 is 1.94 bits per heavy atom. The van der Waals surface area contributed by atoms with E-state index in [4.69, 9.17) is 31.2 Å². The molecule has 5 rings (SSSR count). The summed E-state index contributed by atoms with van der Waals surface area (Å²) >= 11 is 6.07. The number of hydrogen-bond donors (Lipinski definition) is 1. The SMILES string of the molecule is N#CC1=C(N)OC2=C(C(=O)C[C@H](c3ccco3)C2)[C@@H]1c1ccc(OCc2c(F)cccc2Cl)cc1. The van der Waals surface area contributed by atoms with E-state index in [1.807, 2.05) is 6.07 Å². The molecular weight excluding hydrogens is 471 g/mol. The number of ether oxygens (including phenoxy) is 2. The zero-order valence-corrected chi connectivity index (χ0v) is 19.2. The quantitative estimate of drug-likeness (QED) is 0.481. The van der Waals surface area contributed by atoms with Crippen molar-refractivity contribution in [3.8, 4) is 11.8 Å². The highest BCUT2D eigenvalue weighted by atomic mass is 35.5. The zero-order valence-electron chi connectivity index (χ0n) is 18.5. The first-order chi connectivity index (χ1) is 17.0. The number of furan rings is 1. The fraction of sp³-hybridized carbons (Fsp3) is 0.185. The molecular formula is C27H20ClFN2O4. The smallest absolute Gasteiger partial charge is 0.205 e. The number of carbonyl (C=O) groups is 1. The standard InChI is InChI=1S/C27H20ClFN2O4/c28-20-3-1-4-21(29)19(20)14-34-17-8-6-15(7-9-17)25-18(13-30)27(31)35-24-12-16(11-22(32)26(24)25)23-5-2-10-33-23/h1-10,16,25H,11-12,14,31H2/t16-,25+/m0/s1. The van der Waals surface area contributed by atoms with Crippen LogP contribution in [0, 0.1) is 17.1 Å². The van der Waals surface area contributed by atoms with E-state index in [0.717, 1.165) is 0 Å². The van der Waals surface area contributed by atoms with Crippen molar-refractivity contribution in [3.63, 3.8) is 0 Å². The number of halogens is 2. The predicted octanol–water partition coefficient (Wildman–Crippen LogP) is 5.86. The maximum atomic E-state index is 14.0. The van der Waals surface area contributed by atoms with Gasteiger partial charge in [-0.1, -0.05) is 29.8 Å². The van der Waals surface area contributed by atoms with Crippen LogP contribution in [0.3, 0.4) is 0 Å². The molecule has 35 heavy (non-hydrogen) atoms. The Morgan fingerprint density at radius 1 is 1.14 bits per heavy atom. The Morgan fingerprint density at radius 3 is 2.63 bits per heavy atom. The van der Waals surface area contributed by atoms with Gasteiger partial charge in [0.2, 0.25) is 5.88 Å². The molecule has 2 N–H and O–H groups in total. The molecule has 3 aromatic rings. The lowest BCUT2D eigenvalue weighted by Crippen LogP contribution is -2.29. The number of nitrogens with two attached hydrogens (primary N) is 1. The summed E-state index contributed by atoms with van der Waals surface area (Å²) in [7, 11) is 0. The largest absolute Gasteiger partial charge is 0.489 e. The highest BCUT2D eigenvalue weighted by Crippen LogP contribution is 2.46. The van der Waals surface area contributed by atoms with Crippen LogP contribution in [0.2, 0.25) is 5.02 Å². The van der Waals surface area contributed by atoms with Gasteiger partial charge in [0.25, 0.3) is 0 Å². The molecule has 0 bridgehead atoms. The van der Waals surface area contributed by atoms with Crippen molar-refractivity contribution in [1.29, 1.82) is 5.26 Å². The second-order valence-corrected chi connectivity index (χ2v) is 8.77. The van der Waals surface area contributed by atoms with Crippen LogP contribution in [0.1, 0.15) is 41.6 Å². The summed E-state index contributed by atoms with van der Waals surface area (Å²) in [5.74, 6) is 0.259. The van der Waals surface area contributed by atoms with Gasteiger partial charge >= 0.3 is 0 Å². The molecule has 2 aromatic carbocycles. The van der Waals surface area contributed by atoms with Crippen molar-refractivity contribution in [2.75, 3.05) is 0 Å². The molecule has 6 nitrogen and oxygen atoms in total. The summed E-state index contributed by atoms with van der Waals surface area (Å²) in [4.78, 5) is 13.3. The zero-order chi connectivity index (χ0) is 24.5. The van der Waals surface area contributed by atoms with Crippen molar-refractivity contribution in [2.24, 2.45) is 5.73 Å². The van der Waals surface area contributed by atoms with Crippen LogP contribution in [0.15, 0.2) is 88.1 Å². The molecule has 0 fully saturated rings. The summed E-state index contributed by atoms with van der Waals surface area (Å²) in [6, 6.07) is 17.1. The first-order valence-corrected chi connectivity index (χ1v) is 11.4. The third kappa shape index (κ3) is 4.29. The van der Waals surface area contributed by atoms with Crippen LogP contribution in [-0.2, 0) is 16.1 Å². The first-order valence-electron chi connectivity index (χ1n) is 11.0. The number of rotatable bonds is 5.